The van der Waals surface area contributed by atoms with Gasteiger partial charge in [-0.1, -0.05) is 11.6 Å². The van der Waals surface area contributed by atoms with E-state index in [9.17, 15) is 4.79 Å². The number of hydrogen-bond donors (Lipinski definition) is 1. The molecule has 0 bridgehead atoms. The van der Waals surface area contributed by atoms with Crippen molar-refractivity contribution in [3.8, 4) is 0 Å². The van der Waals surface area contributed by atoms with Gasteiger partial charge in [-0.15, -0.1) is 0 Å². The van der Waals surface area contributed by atoms with E-state index < -0.39 is 0 Å². The van der Waals surface area contributed by atoms with E-state index in [1.165, 1.54) is 0 Å². The van der Waals surface area contributed by atoms with Crippen LogP contribution in [0.4, 0.5) is 0 Å². The molecule has 2 aromatic heterocycles. The Kier molecular flexibility index (Phi) is 4.61. The highest BCUT2D eigenvalue weighted by molar-refractivity contribution is 9.10. The lowest BCUT2D eigenvalue weighted by Crippen LogP contribution is -2.34. The summed E-state index contributed by atoms with van der Waals surface area (Å²) in [5.41, 5.74) is 0.349. The predicted octanol–water partition coefficient (Wildman–Crippen LogP) is 3.45. The van der Waals surface area contributed by atoms with Gasteiger partial charge in [0.05, 0.1) is 11.8 Å². The van der Waals surface area contributed by atoms with E-state index in [2.05, 4.69) is 26.2 Å². The predicted molar refractivity (Wildman–Crippen MR) is 76.3 cm³/mol. The monoisotopic (exact) mass is 342 g/mol. The van der Waals surface area contributed by atoms with Crippen molar-refractivity contribution in [2.75, 3.05) is 0 Å². The molecular formula is C13H12BrClN2O2. The fraction of sp³-hybridized carbons (Fsp3) is 0.231. The normalized spacial score (nSPS) is 12.2. The van der Waals surface area contributed by atoms with Gasteiger partial charge >= 0.3 is 0 Å². The van der Waals surface area contributed by atoms with Gasteiger partial charge in [0.1, 0.15) is 10.9 Å². The maximum absolute atomic E-state index is 12.1. The van der Waals surface area contributed by atoms with Crippen LogP contribution in [0.1, 0.15) is 23.0 Å². The lowest BCUT2D eigenvalue weighted by atomic mass is 10.2. The fourth-order valence-corrected chi connectivity index (χ4v) is 2.19. The van der Waals surface area contributed by atoms with Gasteiger partial charge in [-0.05, 0) is 41.1 Å². The maximum Gasteiger partial charge on any atom is 0.254 e. The van der Waals surface area contributed by atoms with E-state index in [4.69, 9.17) is 16.0 Å². The Labute approximate surface area is 124 Å². The molecule has 2 rings (SSSR count). The number of nitrogens with zero attached hydrogens (tertiary/aromatic N) is 1. The van der Waals surface area contributed by atoms with Crippen LogP contribution in [0, 0.1) is 0 Å². The van der Waals surface area contributed by atoms with Gasteiger partial charge in [-0.2, -0.15) is 0 Å². The van der Waals surface area contributed by atoms with E-state index in [-0.39, 0.29) is 17.1 Å². The first-order valence-corrected chi connectivity index (χ1v) is 6.87. The van der Waals surface area contributed by atoms with E-state index in [0.717, 1.165) is 5.76 Å². The van der Waals surface area contributed by atoms with Gasteiger partial charge in [0, 0.05) is 23.1 Å². The van der Waals surface area contributed by atoms with Crippen LogP contribution in [-0.4, -0.2) is 16.9 Å². The summed E-state index contributed by atoms with van der Waals surface area (Å²) >= 11 is 9.17. The summed E-state index contributed by atoms with van der Waals surface area (Å²) in [4.78, 5) is 16.0. The first-order chi connectivity index (χ1) is 9.06. The number of rotatable bonds is 4. The molecule has 1 amide bonds. The average Bonchev–Trinajstić information content (AvgIpc) is 2.84. The molecule has 2 heterocycles. The molecule has 0 aliphatic heterocycles. The summed E-state index contributed by atoms with van der Waals surface area (Å²) in [5.74, 6) is 0.573. The SMILES string of the molecule is CC(Cc1ccco1)NC(=O)c1cc(Br)cnc1Cl. The van der Waals surface area contributed by atoms with E-state index >= 15 is 0 Å². The molecule has 0 saturated carbocycles. The molecule has 1 atom stereocenters. The molecule has 100 valence electrons. The van der Waals surface area contributed by atoms with Crippen LogP contribution in [-0.2, 0) is 6.42 Å². The molecular weight excluding hydrogens is 332 g/mol. The molecule has 0 fully saturated rings. The summed E-state index contributed by atoms with van der Waals surface area (Å²) in [6.45, 7) is 1.90. The number of furan rings is 1. The molecule has 6 heteroatoms. The van der Waals surface area contributed by atoms with Crippen LogP contribution in [0.15, 0.2) is 39.5 Å². The largest absolute Gasteiger partial charge is 0.469 e. The first kappa shape index (κ1) is 14.1. The number of hydrogen-bond acceptors (Lipinski definition) is 3. The number of amides is 1. The van der Waals surface area contributed by atoms with Crippen LogP contribution in [0.3, 0.4) is 0 Å². The summed E-state index contributed by atoms with van der Waals surface area (Å²) in [7, 11) is 0. The van der Waals surface area contributed by atoms with Crippen LogP contribution in [0.2, 0.25) is 5.15 Å². The van der Waals surface area contributed by atoms with Crippen molar-refractivity contribution in [1.82, 2.24) is 10.3 Å². The third-order valence-electron chi connectivity index (χ3n) is 2.52. The first-order valence-electron chi connectivity index (χ1n) is 5.70. The molecule has 0 spiro atoms. The minimum absolute atomic E-state index is 0.0614. The molecule has 1 unspecified atom stereocenters. The van der Waals surface area contributed by atoms with Crippen molar-refractivity contribution in [1.29, 1.82) is 0 Å². The number of nitrogens with one attached hydrogen (secondary N) is 1. The third kappa shape index (κ3) is 3.81. The Hall–Kier alpha value is -1.33. The second-order valence-electron chi connectivity index (χ2n) is 4.15. The van der Waals surface area contributed by atoms with Crippen molar-refractivity contribution < 1.29 is 9.21 Å². The molecule has 0 saturated heterocycles. The zero-order valence-electron chi connectivity index (χ0n) is 10.2. The minimum atomic E-state index is -0.252. The van der Waals surface area contributed by atoms with Crippen molar-refractivity contribution in [3.05, 3.63) is 51.6 Å². The number of aromatic nitrogens is 1. The topological polar surface area (TPSA) is 55.1 Å². The van der Waals surface area contributed by atoms with E-state index in [0.29, 0.717) is 16.5 Å². The van der Waals surface area contributed by atoms with Crippen molar-refractivity contribution in [2.45, 2.75) is 19.4 Å². The molecule has 19 heavy (non-hydrogen) atoms. The summed E-state index contributed by atoms with van der Waals surface area (Å²) < 4.78 is 5.95. The Morgan fingerprint density at radius 2 is 2.42 bits per heavy atom. The summed E-state index contributed by atoms with van der Waals surface area (Å²) in [5, 5.41) is 3.04. The van der Waals surface area contributed by atoms with Gasteiger partial charge in [0.15, 0.2) is 0 Å². The molecule has 0 radical (unpaired) electrons. The Bertz CT molecular complexity index is 572. The van der Waals surface area contributed by atoms with Gasteiger partial charge in [0.25, 0.3) is 5.91 Å². The van der Waals surface area contributed by atoms with Crippen LogP contribution >= 0.6 is 27.5 Å². The lowest BCUT2D eigenvalue weighted by molar-refractivity contribution is 0.0939. The molecule has 2 aromatic rings. The minimum Gasteiger partial charge on any atom is -0.469 e. The van der Waals surface area contributed by atoms with Crippen LogP contribution < -0.4 is 5.32 Å². The Balaban J connectivity index is 2.02. The number of carbonyl (C=O) groups excluding carboxylic acids is 1. The molecule has 1 N–H and O–H groups in total. The third-order valence-corrected chi connectivity index (χ3v) is 3.25. The maximum atomic E-state index is 12.1. The smallest absolute Gasteiger partial charge is 0.254 e. The molecule has 4 nitrogen and oxygen atoms in total. The van der Waals surface area contributed by atoms with Crippen molar-refractivity contribution >= 4 is 33.4 Å². The van der Waals surface area contributed by atoms with Gasteiger partial charge < -0.3 is 9.73 Å². The Morgan fingerprint density at radius 3 is 3.11 bits per heavy atom. The zero-order valence-corrected chi connectivity index (χ0v) is 12.5. The van der Waals surface area contributed by atoms with E-state index in [1.807, 2.05) is 19.1 Å². The zero-order chi connectivity index (χ0) is 13.8. The number of pyridine rings is 1. The van der Waals surface area contributed by atoms with Crippen LogP contribution in [0.25, 0.3) is 0 Å². The fourth-order valence-electron chi connectivity index (χ4n) is 1.66. The van der Waals surface area contributed by atoms with Gasteiger partial charge in [-0.25, -0.2) is 4.98 Å². The second-order valence-corrected chi connectivity index (χ2v) is 5.42. The quantitative estimate of drug-likeness (QED) is 0.865. The second kappa shape index (κ2) is 6.21. The highest BCUT2D eigenvalue weighted by Gasteiger charge is 2.15. The van der Waals surface area contributed by atoms with E-state index in [1.54, 1.807) is 18.5 Å². The molecule has 0 aromatic carbocycles. The Morgan fingerprint density at radius 1 is 1.63 bits per heavy atom. The van der Waals surface area contributed by atoms with Crippen molar-refractivity contribution in [3.63, 3.8) is 0 Å². The van der Waals surface area contributed by atoms with Crippen LogP contribution in [0.5, 0.6) is 0 Å². The van der Waals surface area contributed by atoms with Gasteiger partial charge in [-0.3, -0.25) is 4.79 Å². The molecule has 0 aliphatic rings. The van der Waals surface area contributed by atoms with Crippen molar-refractivity contribution in [2.24, 2.45) is 0 Å². The lowest BCUT2D eigenvalue weighted by Gasteiger charge is -2.13. The number of halogens is 2. The van der Waals surface area contributed by atoms with Gasteiger partial charge in [0.2, 0.25) is 0 Å². The molecule has 0 aliphatic carbocycles. The summed E-state index contributed by atoms with van der Waals surface area (Å²) in [6.07, 6.45) is 3.78. The standard InChI is InChI=1S/C13H12BrClN2O2/c1-8(5-10-3-2-4-19-10)17-13(18)11-6-9(14)7-16-12(11)15/h2-4,6-8H,5H2,1H3,(H,17,18). The highest BCUT2D eigenvalue weighted by atomic mass is 79.9. The summed E-state index contributed by atoms with van der Waals surface area (Å²) in [6, 6.07) is 5.27. The average molecular weight is 344 g/mol. The number of carbonyl (C=O) groups is 1. The highest BCUT2D eigenvalue weighted by Crippen LogP contribution is 2.18.